The van der Waals surface area contributed by atoms with Gasteiger partial charge in [-0.25, -0.2) is 4.98 Å². The van der Waals surface area contributed by atoms with Gasteiger partial charge in [0.25, 0.3) is 0 Å². The molecule has 0 spiro atoms. The number of nitrogens with two attached hydrogens (primary N) is 1. The Balaban J connectivity index is 1.72. The number of nitrogens with zero attached hydrogens (tertiary/aromatic N) is 3. The molecule has 1 aromatic rings. The Morgan fingerprint density at radius 3 is 2.48 bits per heavy atom. The lowest BCUT2D eigenvalue weighted by atomic mass is 9.74. The van der Waals surface area contributed by atoms with Crippen molar-refractivity contribution in [2.75, 3.05) is 31.1 Å². The van der Waals surface area contributed by atoms with Crippen LogP contribution >= 0.6 is 0 Å². The summed E-state index contributed by atoms with van der Waals surface area (Å²) in [5, 5.41) is 0. The molecule has 0 radical (unpaired) electrons. The molecule has 0 aromatic carbocycles. The number of carbonyl (C=O) groups excluding carboxylic acids is 1. The largest absolute Gasteiger partial charge is 0.419 e. The maximum absolute atomic E-state index is 13.2. The minimum Gasteiger partial charge on any atom is -0.353 e. The van der Waals surface area contributed by atoms with Crippen molar-refractivity contribution in [2.45, 2.75) is 45.3 Å². The molecule has 8 heteroatoms. The molecule has 1 aromatic heterocycles. The second-order valence-corrected chi connectivity index (χ2v) is 7.97. The molecule has 27 heavy (non-hydrogen) atoms. The summed E-state index contributed by atoms with van der Waals surface area (Å²) in [5.41, 5.74) is 4.91. The van der Waals surface area contributed by atoms with Gasteiger partial charge in [-0.2, -0.15) is 13.2 Å². The van der Waals surface area contributed by atoms with Crippen molar-refractivity contribution >= 4 is 11.7 Å². The molecule has 150 valence electrons. The Morgan fingerprint density at radius 2 is 1.96 bits per heavy atom. The molecule has 2 aliphatic rings. The molecule has 2 N–H and O–H groups in total. The van der Waals surface area contributed by atoms with E-state index in [2.05, 4.69) is 18.8 Å². The third-order valence-electron chi connectivity index (χ3n) is 6.08. The van der Waals surface area contributed by atoms with Gasteiger partial charge in [-0.1, -0.05) is 13.8 Å². The molecule has 2 fully saturated rings. The standard InChI is InChI=1S/C19H27F3N4O/c1-13(2)18(6-5-14(23)12-18)17(27)26-10-8-25(9-11-26)16-15(19(20,21)22)4-3-7-24-16/h3-4,7,13-14H,5-6,8-12,23H2,1-2H3/t14-,18+/m1/s1. The van der Waals surface area contributed by atoms with Crippen molar-refractivity contribution in [3.05, 3.63) is 23.9 Å². The van der Waals surface area contributed by atoms with E-state index in [1.165, 1.54) is 12.3 Å². The third-order valence-corrected chi connectivity index (χ3v) is 6.08. The summed E-state index contributed by atoms with van der Waals surface area (Å²) in [4.78, 5) is 20.6. The van der Waals surface area contributed by atoms with Crippen LogP contribution in [-0.2, 0) is 11.0 Å². The second-order valence-electron chi connectivity index (χ2n) is 7.97. The zero-order valence-corrected chi connectivity index (χ0v) is 15.8. The van der Waals surface area contributed by atoms with Gasteiger partial charge in [0.15, 0.2) is 0 Å². The molecule has 2 atom stereocenters. The van der Waals surface area contributed by atoms with Gasteiger partial charge < -0.3 is 15.5 Å². The van der Waals surface area contributed by atoms with E-state index in [-0.39, 0.29) is 23.7 Å². The minimum atomic E-state index is -4.45. The smallest absolute Gasteiger partial charge is 0.353 e. The van der Waals surface area contributed by atoms with Gasteiger partial charge in [-0.15, -0.1) is 0 Å². The van der Waals surface area contributed by atoms with Crippen molar-refractivity contribution in [1.29, 1.82) is 0 Å². The quantitative estimate of drug-likeness (QED) is 0.871. The summed E-state index contributed by atoms with van der Waals surface area (Å²) in [6, 6.07) is 2.38. The van der Waals surface area contributed by atoms with Crippen LogP contribution < -0.4 is 10.6 Å². The Hall–Kier alpha value is -1.83. The van der Waals surface area contributed by atoms with Crippen LogP contribution in [0.25, 0.3) is 0 Å². The Kier molecular flexibility index (Phi) is 5.38. The minimum absolute atomic E-state index is 0.0421. The molecule has 1 saturated heterocycles. The Labute approximate surface area is 157 Å². The third kappa shape index (κ3) is 3.77. The van der Waals surface area contributed by atoms with Crippen molar-refractivity contribution in [3.8, 4) is 0 Å². The molecule has 2 heterocycles. The van der Waals surface area contributed by atoms with Crippen LogP contribution in [0.4, 0.5) is 19.0 Å². The molecular formula is C19H27F3N4O. The summed E-state index contributed by atoms with van der Waals surface area (Å²) in [5.74, 6) is 0.227. The van der Waals surface area contributed by atoms with E-state index in [4.69, 9.17) is 5.73 Å². The number of piperazine rings is 1. The summed E-state index contributed by atoms with van der Waals surface area (Å²) in [6.07, 6.45) is -0.772. The van der Waals surface area contributed by atoms with E-state index < -0.39 is 17.2 Å². The first kappa shape index (κ1) is 19.9. The molecule has 1 saturated carbocycles. The van der Waals surface area contributed by atoms with Gasteiger partial charge in [0.1, 0.15) is 5.82 Å². The van der Waals surface area contributed by atoms with Crippen LogP contribution in [0.15, 0.2) is 18.3 Å². The number of carbonyl (C=O) groups is 1. The number of hydrogen-bond acceptors (Lipinski definition) is 4. The topological polar surface area (TPSA) is 62.5 Å². The molecule has 1 aliphatic carbocycles. The highest BCUT2D eigenvalue weighted by atomic mass is 19.4. The lowest BCUT2D eigenvalue weighted by Gasteiger charge is -2.42. The van der Waals surface area contributed by atoms with Gasteiger partial charge in [0.05, 0.1) is 11.0 Å². The van der Waals surface area contributed by atoms with Gasteiger partial charge in [0.2, 0.25) is 5.91 Å². The molecular weight excluding hydrogens is 357 g/mol. The molecule has 1 amide bonds. The van der Waals surface area contributed by atoms with Crippen LogP contribution in [0.2, 0.25) is 0 Å². The highest BCUT2D eigenvalue weighted by Gasteiger charge is 2.48. The Morgan fingerprint density at radius 1 is 1.30 bits per heavy atom. The maximum Gasteiger partial charge on any atom is 0.419 e. The fraction of sp³-hybridized carbons (Fsp3) is 0.684. The molecule has 3 rings (SSSR count). The first-order chi connectivity index (χ1) is 12.6. The van der Waals surface area contributed by atoms with Gasteiger partial charge in [-0.3, -0.25) is 4.79 Å². The zero-order valence-electron chi connectivity index (χ0n) is 15.8. The number of aromatic nitrogens is 1. The zero-order chi connectivity index (χ0) is 19.8. The summed E-state index contributed by atoms with van der Waals surface area (Å²) in [6.45, 7) is 5.58. The average Bonchev–Trinajstić information content (AvgIpc) is 3.04. The van der Waals surface area contributed by atoms with Crippen LogP contribution in [0.3, 0.4) is 0 Å². The van der Waals surface area contributed by atoms with E-state index in [0.29, 0.717) is 32.6 Å². The van der Waals surface area contributed by atoms with Crippen molar-refractivity contribution in [3.63, 3.8) is 0 Å². The average molecular weight is 384 g/mol. The highest BCUT2D eigenvalue weighted by Crippen LogP contribution is 2.45. The first-order valence-electron chi connectivity index (χ1n) is 9.47. The SMILES string of the molecule is CC(C)[C@]1(C(=O)N2CCN(c3ncccc3C(F)(F)F)CC2)CC[C@@H](N)C1. The van der Waals surface area contributed by atoms with E-state index in [9.17, 15) is 18.0 Å². The predicted molar refractivity (Wildman–Crippen MR) is 97.1 cm³/mol. The fourth-order valence-corrected chi connectivity index (χ4v) is 4.39. The highest BCUT2D eigenvalue weighted by molar-refractivity contribution is 5.83. The maximum atomic E-state index is 13.2. The van der Waals surface area contributed by atoms with Gasteiger partial charge in [0, 0.05) is 38.4 Å². The second kappa shape index (κ2) is 7.30. The van der Waals surface area contributed by atoms with Gasteiger partial charge in [-0.05, 0) is 37.3 Å². The number of hydrogen-bond donors (Lipinski definition) is 1. The molecule has 0 bridgehead atoms. The van der Waals surface area contributed by atoms with E-state index >= 15 is 0 Å². The van der Waals surface area contributed by atoms with Crippen molar-refractivity contribution < 1.29 is 18.0 Å². The van der Waals surface area contributed by atoms with Gasteiger partial charge >= 0.3 is 6.18 Å². The monoisotopic (exact) mass is 384 g/mol. The lowest BCUT2D eigenvalue weighted by Crippen LogP contribution is -2.54. The number of amides is 1. The van der Waals surface area contributed by atoms with Crippen LogP contribution in [0, 0.1) is 11.3 Å². The van der Waals surface area contributed by atoms with Crippen LogP contribution in [-0.4, -0.2) is 48.0 Å². The molecule has 0 unspecified atom stereocenters. The van der Waals surface area contributed by atoms with E-state index in [1.54, 1.807) is 9.80 Å². The fourth-order valence-electron chi connectivity index (χ4n) is 4.39. The normalized spacial score (nSPS) is 26.7. The summed E-state index contributed by atoms with van der Waals surface area (Å²) < 4.78 is 39.7. The summed E-state index contributed by atoms with van der Waals surface area (Å²) in [7, 11) is 0. The number of anilines is 1. The Bertz CT molecular complexity index is 686. The lowest BCUT2D eigenvalue weighted by molar-refractivity contribution is -0.145. The van der Waals surface area contributed by atoms with Crippen LogP contribution in [0.5, 0.6) is 0 Å². The van der Waals surface area contributed by atoms with Crippen molar-refractivity contribution in [2.24, 2.45) is 17.1 Å². The number of halogens is 3. The van der Waals surface area contributed by atoms with E-state index in [0.717, 1.165) is 18.9 Å². The first-order valence-corrected chi connectivity index (χ1v) is 9.47. The van der Waals surface area contributed by atoms with Crippen LogP contribution in [0.1, 0.15) is 38.7 Å². The number of alkyl halides is 3. The number of rotatable bonds is 3. The van der Waals surface area contributed by atoms with Crippen molar-refractivity contribution in [1.82, 2.24) is 9.88 Å². The number of pyridine rings is 1. The van der Waals surface area contributed by atoms with E-state index in [1.807, 2.05) is 0 Å². The predicted octanol–water partition coefficient (Wildman–Crippen LogP) is 2.90. The summed E-state index contributed by atoms with van der Waals surface area (Å²) >= 11 is 0. The molecule has 5 nitrogen and oxygen atoms in total. The molecule has 1 aliphatic heterocycles.